The standard InChI is InChI=1S/C24H22N4O2S/c1-3-15(2)17-8-11-21-20(13-17)27-23(30-21)16-6-9-19(10-7-16)26-24(31)28-22(29)18-5-4-12-25-14-18/h4-15H,3H2,1-2H3,(H2,26,28,29,31)/t15-/m0/s1. The van der Waals surface area contributed by atoms with Gasteiger partial charge in [-0.05, 0) is 78.7 Å². The van der Waals surface area contributed by atoms with Crippen molar-refractivity contribution in [3.05, 3.63) is 78.1 Å². The third-order valence-electron chi connectivity index (χ3n) is 5.13. The summed E-state index contributed by atoms with van der Waals surface area (Å²) in [5, 5.41) is 5.85. The van der Waals surface area contributed by atoms with Crippen molar-refractivity contribution in [1.29, 1.82) is 0 Å². The molecule has 0 aliphatic carbocycles. The molecule has 4 rings (SSSR count). The summed E-state index contributed by atoms with van der Waals surface area (Å²) in [4.78, 5) is 20.7. The fourth-order valence-corrected chi connectivity index (χ4v) is 3.35. The summed E-state index contributed by atoms with van der Waals surface area (Å²) in [5.74, 6) is 0.734. The molecule has 7 heteroatoms. The zero-order valence-electron chi connectivity index (χ0n) is 17.3. The minimum Gasteiger partial charge on any atom is -0.436 e. The zero-order chi connectivity index (χ0) is 21.8. The Hall–Kier alpha value is -3.58. The first-order chi connectivity index (χ1) is 15.0. The molecule has 2 aromatic heterocycles. The Kier molecular flexibility index (Phi) is 6.04. The first-order valence-electron chi connectivity index (χ1n) is 10.1. The average Bonchev–Trinajstić information content (AvgIpc) is 3.23. The van der Waals surface area contributed by atoms with Gasteiger partial charge >= 0.3 is 0 Å². The van der Waals surface area contributed by atoms with Crippen LogP contribution in [0.4, 0.5) is 5.69 Å². The molecule has 0 aliphatic rings. The summed E-state index contributed by atoms with van der Waals surface area (Å²) in [6.07, 6.45) is 4.17. The van der Waals surface area contributed by atoms with E-state index in [2.05, 4.69) is 46.6 Å². The number of amides is 1. The molecule has 2 N–H and O–H groups in total. The smallest absolute Gasteiger partial charge is 0.258 e. The molecule has 0 unspecified atom stereocenters. The van der Waals surface area contributed by atoms with E-state index in [1.54, 1.807) is 18.3 Å². The van der Waals surface area contributed by atoms with Crippen LogP contribution in [0.15, 0.2) is 71.4 Å². The number of carbonyl (C=O) groups is 1. The number of rotatable bonds is 5. The van der Waals surface area contributed by atoms with E-state index in [0.717, 1.165) is 28.8 Å². The molecule has 1 amide bonds. The number of pyridine rings is 1. The van der Waals surface area contributed by atoms with Crippen molar-refractivity contribution < 1.29 is 9.21 Å². The number of fused-ring (bicyclic) bond motifs is 1. The molecule has 156 valence electrons. The Morgan fingerprint density at radius 3 is 2.68 bits per heavy atom. The molecule has 0 saturated heterocycles. The van der Waals surface area contributed by atoms with Crippen LogP contribution in [0, 0.1) is 0 Å². The van der Waals surface area contributed by atoms with Crippen LogP contribution in [-0.2, 0) is 0 Å². The van der Waals surface area contributed by atoms with Crippen molar-refractivity contribution in [3.63, 3.8) is 0 Å². The molecule has 0 aliphatic heterocycles. The average molecular weight is 431 g/mol. The van der Waals surface area contributed by atoms with E-state index in [-0.39, 0.29) is 11.0 Å². The van der Waals surface area contributed by atoms with E-state index in [1.807, 2.05) is 30.3 Å². The fourth-order valence-electron chi connectivity index (χ4n) is 3.14. The van der Waals surface area contributed by atoms with Gasteiger partial charge in [0.05, 0.1) is 5.56 Å². The number of nitrogens with one attached hydrogen (secondary N) is 2. The first-order valence-corrected chi connectivity index (χ1v) is 10.5. The maximum Gasteiger partial charge on any atom is 0.258 e. The molecule has 4 aromatic rings. The Morgan fingerprint density at radius 1 is 1.16 bits per heavy atom. The van der Waals surface area contributed by atoms with Gasteiger partial charge in [-0.3, -0.25) is 15.1 Å². The van der Waals surface area contributed by atoms with Gasteiger partial charge in [0.15, 0.2) is 10.7 Å². The Balaban J connectivity index is 1.44. The lowest BCUT2D eigenvalue weighted by molar-refractivity contribution is 0.0977. The number of aromatic nitrogens is 2. The van der Waals surface area contributed by atoms with Crippen LogP contribution in [-0.4, -0.2) is 21.0 Å². The highest BCUT2D eigenvalue weighted by atomic mass is 32.1. The van der Waals surface area contributed by atoms with Gasteiger partial charge in [-0.2, -0.15) is 0 Å². The Bertz CT molecular complexity index is 1220. The van der Waals surface area contributed by atoms with Crippen molar-refractivity contribution in [2.45, 2.75) is 26.2 Å². The molecular weight excluding hydrogens is 408 g/mol. The van der Waals surface area contributed by atoms with Crippen LogP contribution < -0.4 is 10.6 Å². The summed E-state index contributed by atoms with van der Waals surface area (Å²) in [5.41, 5.74) is 4.93. The molecule has 6 nitrogen and oxygen atoms in total. The van der Waals surface area contributed by atoms with Crippen LogP contribution >= 0.6 is 12.2 Å². The van der Waals surface area contributed by atoms with Gasteiger partial charge in [0, 0.05) is 23.6 Å². The zero-order valence-corrected chi connectivity index (χ0v) is 18.1. The van der Waals surface area contributed by atoms with Gasteiger partial charge < -0.3 is 9.73 Å². The number of anilines is 1. The molecule has 2 heterocycles. The maximum absolute atomic E-state index is 12.2. The van der Waals surface area contributed by atoms with Gasteiger partial charge in [-0.1, -0.05) is 19.9 Å². The summed E-state index contributed by atoms with van der Waals surface area (Å²) >= 11 is 5.23. The number of benzene rings is 2. The van der Waals surface area contributed by atoms with E-state index < -0.39 is 0 Å². The number of thiocarbonyl (C=S) groups is 1. The quantitative estimate of drug-likeness (QED) is 0.405. The third kappa shape index (κ3) is 4.78. The van der Waals surface area contributed by atoms with E-state index in [0.29, 0.717) is 17.4 Å². The van der Waals surface area contributed by atoms with Gasteiger partial charge in [0.1, 0.15) is 5.52 Å². The second-order valence-corrected chi connectivity index (χ2v) is 7.69. The highest BCUT2D eigenvalue weighted by Crippen LogP contribution is 2.28. The van der Waals surface area contributed by atoms with E-state index in [1.165, 1.54) is 11.8 Å². The minimum atomic E-state index is -0.314. The van der Waals surface area contributed by atoms with Crippen LogP contribution in [0.2, 0.25) is 0 Å². The fraction of sp³-hybridized carbons (Fsp3) is 0.167. The highest BCUT2D eigenvalue weighted by molar-refractivity contribution is 7.80. The molecule has 0 fully saturated rings. The summed E-state index contributed by atoms with van der Waals surface area (Å²) in [6, 6.07) is 17.0. The monoisotopic (exact) mass is 430 g/mol. The van der Waals surface area contributed by atoms with E-state index >= 15 is 0 Å². The lowest BCUT2D eigenvalue weighted by Gasteiger charge is -2.09. The van der Waals surface area contributed by atoms with Crippen molar-refractivity contribution >= 4 is 40.0 Å². The van der Waals surface area contributed by atoms with Gasteiger partial charge in [0.2, 0.25) is 5.89 Å². The first kappa shape index (κ1) is 20.7. The summed E-state index contributed by atoms with van der Waals surface area (Å²) < 4.78 is 5.92. The molecule has 0 saturated carbocycles. The van der Waals surface area contributed by atoms with Crippen molar-refractivity contribution in [3.8, 4) is 11.5 Å². The third-order valence-corrected chi connectivity index (χ3v) is 5.34. The normalized spacial score (nSPS) is 11.8. The highest BCUT2D eigenvalue weighted by Gasteiger charge is 2.12. The molecule has 0 spiro atoms. The second-order valence-electron chi connectivity index (χ2n) is 7.28. The number of hydrogen-bond donors (Lipinski definition) is 2. The molecule has 0 bridgehead atoms. The topological polar surface area (TPSA) is 80.0 Å². The molecule has 1 atom stereocenters. The van der Waals surface area contributed by atoms with Crippen molar-refractivity contribution in [2.75, 3.05) is 5.32 Å². The number of carbonyl (C=O) groups excluding carboxylic acids is 1. The lowest BCUT2D eigenvalue weighted by Crippen LogP contribution is -2.34. The van der Waals surface area contributed by atoms with Crippen LogP contribution in [0.1, 0.15) is 42.1 Å². The maximum atomic E-state index is 12.2. The van der Waals surface area contributed by atoms with Crippen LogP contribution in [0.3, 0.4) is 0 Å². The summed E-state index contributed by atoms with van der Waals surface area (Å²) in [7, 11) is 0. The number of oxazole rings is 1. The van der Waals surface area contributed by atoms with Gasteiger partial charge in [0.25, 0.3) is 5.91 Å². The lowest BCUT2D eigenvalue weighted by atomic mass is 9.98. The summed E-state index contributed by atoms with van der Waals surface area (Å²) in [6.45, 7) is 4.38. The predicted molar refractivity (Wildman–Crippen MR) is 126 cm³/mol. The molecule has 2 aromatic carbocycles. The van der Waals surface area contributed by atoms with Gasteiger partial charge in [-0.25, -0.2) is 4.98 Å². The van der Waals surface area contributed by atoms with Crippen molar-refractivity contribution in [2.24, 2.45) is 0 Å². The number of hydrogen-bond acceptors (Lipinski definition) is 5. The largest absolute Gasteiger partial charge is 0.436 e. The van der Waals surface area contributed by atoms with Gasteiger partial charge in [-0.15, -0.1) is 0 Å². The molecular formula is C24H22N4O2S. The molecule has 0 radical (unpaired) electrons. The second kappa shape index (κ2) is 9.06. The van der Waals surface area contributed by atoms with E-state index in [4.69, 9.17) is 16.6 Å². The van der Waals surface area contributed by atoms with Crippen molar-refractivity contribution in [1.82, 2.24) is 15.3 Å². The van der Waals surface area contributed by atoms with Crippen LogP contribution in [0.25, 0.3) is 22.6 Å². The predicted octanol–water partition coefficient (Wildman–Crippen LogP) is 5.53. The van der Waals surface area contributed by atoms with Crippen LogP contribution in [0.5, 0.6) is 0 Å². The SMILES string of the molecule is CC[C@H](C)c1ccc2oc(-c3ccc(NC(=S)NC(=O)c4cccnc4)cc3)nc2c1. The molecule has 31 heavy (non-hydrogen) atoms. The Morgan fingerprint density at radius 2 is 1.97 bits per heavy atom. The van der Waals surface area contributed by atoms with E-state index in [9.17, 15) is 4.79 Å². The minimum absolute atomic E-state index is 0.209. The Labute approximate surface area is 185 Å². The number of nitrogens with zero attached hydrogens (tertiary/aromatic N) is 2.